The maximum atomic E-state index is 12.6. The summed E-state index contributed by atoms with van der Waals surface area (Å²) >= 11 is 0. The van der Waals surface area contributed by atoms with Crippen LogP contribution in [-0.2, 0) is 17.6 Å². The van der Waals surface area contributed by atoms with Crippen LogP contribution in [0.2, 0.25) is 0 Å². The summed E-state index contributed by atoms with van der Waals surface area (Å²) in [5.74, 6) is 0.186. The number of fused-ring (bicyclic) bond motifs is 1. The third kappa shape index (κ3) is 3.90. The molecule has 2 fully saturated rings. The molecule has 0 radical (unpaired) electrons. The number of hydrogen-bond donors (Lipinski definition) is 3. The lowest BCUT2D eigenvalue weighted by Gasteiger charge is -2.19. The van der Waals surface area contributed by atoms with Gasteiger partial charge in [-0.15, -0.1) is 24.0 Å². The van der Waals surface area contributed by atoms with Gasteiger partial charge in [-0.1, -0.05) is 18.9 Å². The Balaban J connectivity index is 0.00000210. The molecule has 8 heteroatoms. The number of carbonyl (C=O) groups is 2. The van der Waals surface area contributed by atoms with E-state index in [-0.39, 0.29) is 42.5 Å². The van der Waals surface area contributed by atoms with Gasteiger partial charge in [0.15, 0.2) is 5.96 Å². The van der Waals surface area contributed by atoms with Crippen molar-refractivity contribution < 1.29 is 9.59 Å². The van der Waals surface area contributed by atoms with Gasteiger partial charge >= 0.3 is 6.03 Å². The van der Waals surface area contributed by atoms with E-state index < -0.39 is 5.54 Å². The van der Waals surface area contributed by atoms with E-state index in [4.69, 9.17) is 5.73 Å². The monoisotopic (exact) mass is 483 g/mol. The minimum atomic E-state index is -0.658. The fourth-order valence-corrected chi connectivity index (χ4v) is 4.30. The number of hydrogen-bond acceptors (Lipinski definition) is 3. The first kappa shape index (κ1) is 19.9. The van der Waals surface area contributed by atoms with Gasteiger partial charge in [0.1, 0.15) is 5.54 Å². The summed E-state index contributed by atoms with van der Waals surface area (Å²) in [6.45, 7) is 0.540. The molecule has 1 spiro atoms. The summed E-state index contributed by atoms with van der Waals surface area (Å²) in [6, 6.07) is 5.95. The van der Waals surface area contributed by atoms with E-state index in [2.05, 4.69) is 27.8 Å². The molecule has 2 aliphatic carbocycles. The number of carbonyl (C=O) groups excluding carboxylic acids is 2. The molecule has 3 amide bonds. The Morgan fingerprint density at radius 3 is 2.70 bits per heavy atom. The first-order valence-electron chi connectivity index (χ1n) is 9.40. The third-order valence-corrected chi connectivity index (χ3v) is 5.68. The topological polar surface area (TPSA) is 99.8 Å². The Hall–Kier alpha value is -1.84. The van der Waals surface area contributed by atoms with Gasteiger partial charge in [-0.25, -0.2) is 4.79 Å². The van der Waals surface area contributed by atoms with E-state index in [0.717, 1.165) is 44.2 Å². The van der Waals surface area contributed by atoms with Gasteiger partial charge in [0.2, 0.25) is 0 Å². The number of nitrogens with one attached hydrogen (secondary N) is 2. The first-order valence-corrected chi connectivity index (χ1v) is 9.40. The van der Waals surface area contributed by atoms with Gasteiger partial charge in [-0.2, -0.15) is 0 Å². The standard InChI is InChI=1S/C19H25N5O2.HI/c20-17(22-15-7-6-13-4-3-5-14(13)12-15)21-10-11-24-16(25)19(23-18(24)26)8-1-2-9-19;/h6-7,12H,1-5,8-11H2,(H,23,26)(H3,20,21,22);1H. The van der Waals surface area contributed by atoms with Crippen molar-refractivity contribution in [3.05, 3.63) is 29.3 Å². The zero-order valence-corrected chi connectivity index (χ0v) is 17.6. The summed E-state index contributed by atoms with van der Waals surface area (Å²) in [5.41, 5.74) is 8.99. The zero-order valence-electron chi connectivity index (χ0n) is 15.3. The quantitative estimate of drug-likeness (QED) is 0.265. The van der Waals surface area contributed by atoms with E-state index >= 15 is 0 Å². The molecule has 146 valence electrons. The number of nitrogens with two attached hydrogens (primary N) is 1. The summed E-state index contributed by atoms with van der Waals surface area (Å²) in [7, 11) is 0. The number of urea groups is 1. The van der Waals surface area contributed by atoms with E-state index in [1.807, 2.05) is 6.07 Å². The SMILES string of the molecule is I.NC(=NCCN1C(=O)NC2(CCCC2)C1=O)Nc1ccc2c(c1)CCC2. The molecule has 1 saturated carbocycles. The van der Waals surface area contributed by atoms with Crippen molar-refractivity contribution in [2.75, 3.05) is 18.4 Å². The van der Waals surface area contributed by atoms with Gasteiger partial charge in [-0.3, -0.25) is 14.7 Å². The van der Waals surface area contributed by atoms with Gasteiger partial charge in [0.25, 0.3) is 5.91 Å². The molecule has 1 aromatic rings. The van der Waals surface area contributed by atoms with E-state index in [0.29, 0.717) is 12.5 Å². The molecule has 4 rings (SSSR count). The average Bonchev–Trinajstić information content (AvgIpc) is 3.31. The number of imide groups is 1. The fraction of sp³-hybridized carbons (Fsp3) is 0.526. The number of amides is 3. The highest BCUT2D eigenvalue weighted by Gasteiger charge is 2.52. The largest absolute Gasteiger partial charge is 0.370 e. The Morgan fingerprint density at radius 2 is 1.93 bits per heavy atom. The van der Waals surface area contributed by atoms with Gasteiger partial charge < -0.3 is 16.4 Å². The van der Waals surface area contributed by atoms with Crippen LogP contribution in [0.4, 0.5) is 10.5 Å². The van der Waals surface area contributed by atoms with Gasteiger partial charge in [-0.05, 0) is 55.4 Å². The molecule has 7 nitrogen and oxygen atoms in total. The maximum Gasteiger partial charge on any atom is 0.325 e. The molecule has 4 N–H and O–H groups in total. The number of aryl methyl sites for hydroxylation is 2. The van der Waals surface area contributed by atoms with Crippen molar-refractivity contribution in [2.45, 2.75) is 50.5 Å². The Morgan fingerprint density at radius 1 is 1.19 bits per heavy atom. The number of guanidine groups is 1. The number of rotatable bonds is 4. The number of benzene rings is 1. The van der Waals surface area contributed by atoms with E-state index in [1.165, 1.54) is 22.4 Å². The van der Waals surface area contributed by atoms with Crippen LogP contribution in [0.5, 0.6) is 0 Å². The Labute approximate surface area is 176 Å². The van der Waals surface area contributed by atoms with Crippen molar-refractivity contribution in [1.82, 2.24) is 10.2 Å². The normalized spacial score (nSPS) is 20.6. The number of anilines is 1. The molecule has 0 unspecified atom stereocenters. The predicted molar refractivity (Wildman–Crippen MR) is 115 cm³/mol. The summed E-state index contributed by atoms with van der Waals surface area (Å²) in [5, 5.41) is 5.96. The second kappa shape index (κ2) is 8.04. The van der Waals surface area contributed by atoms with Crippen LogP contribution < -0.4 is 16.4 Å². The lowest BCUT2D eigenvalue weighted by atomic mass is 9.98. The molecular weight excluding hydrogens is 457 g/mol. The number of aliphatic imine (C=N–C) groups is 1. The molecule has 1 aromatic carbocycles. The van der Waals surface area contributed by atoms with Crippen molar-refractivity contribution in [3.8, 4) is 0 Å². The molecule has 1 aliphatic heterocycles. The number of nitrogens with zero attached hydrogens (tertiary/aromatic N) is 2. The van der Waals surface area contributed by atoms with Crippen LogP contribution in [0.1, 0.15) is 43.2 Å². The van der Waals surface area contributed by atoms with Crippen molar-refractivity contribution in [3.63, 3.8) is 0 Å². The lowest BCUT2D eigenvalue weighted by molar-refractivity contribution is -0.131. The van der Waals surface area contributed by atoms with Crippen LogP contribution in [-0.4, -0.2) is 41.4 Å². The Bertz CT molecular complexity index is 773. The predicted octanol–water partition coefficient (Wildman–Crippen LogP) is 2.38. The highest BCUT2D eigenvalue weighted by Crippen LogP contribution is 2.34. The summed E-state index contributed by atoms with van der Waals surface area (Å²) < 4.78 is 0. The summed E-state index contributed by atoms with van der Waals surface area (Å²) in [6.07, 6.45) is 6.89. The molecule has 1 saturated heterocycles. The van der Waals surface area contributed by atoms with E-state index in [1.54, 1.807) is 0 Å². The van der Waals surface area contributed by atoms with Crippen LogP contribution in [0.15, 0.2) is 23.2 Å². The van der Waals surface area contributed by atoms with Crippen molar-refractivity contribution in [2.24, 2.45) is 10.7 Å². The third-order valence-electron chi connectivity index (χ3n) is 5.68. The zero-order chi connectivity index (χ0) is 18.1. The minimum Gasteiger partial charge on any atom is -0.370 e. The Kier molecular flexibility index (Phi) is 5.92. The minimum absolute atomic E-state index is 0. The van der Waals surface area contributed by atoms with Gasteiger partial charge in [0.05, 0.1) is 13.1 Å². The van der Waals surface area contributed by atoms with Crippen molar-refractivity contribution in [1.29, 1.82) is 0 Å². The van der Waals surface area contributed by atoms with Crippen LogP contribution in [0.25, 0.3) is 0 Å². The van der Waals surface area contributed by atoms with Crippen LogP contribution in [0.3, 0.4) is 0 Å². The fourth-order valence-electron chi connectivity index (χ4n) is 4.30. The molecule has 3 aliphatic rings. The molecular formula is C19H26IN5O2. The molecule has 1 heterocycles. The molecule has 0 aromatic heterocycles. The smallest absolute Gasteiger partial charge is 0.325 e. The van der Waals surface area contributed by atoms with Crippen molar-refractivity contribution >= 4 is 47.6 Å². The second-order valence-corrected chi connectivity index (χ2v) is 7.41. The lowest BCUT2D eigenvalue weighted by Crippen LogP contribution is -2.44. The maximum absolute atomic E-state index is 12.6. The first-order chi connectivity index (χ1) is 12.6. The highest BCUT2D eigenvalue weighted by atomic mass is 127. The molecule has 0 atom stereocenters. The van der Waals surface area contributed by atoms with Crippen LogP contribution in [0, 0.1) is 0 Å². The molecule has 0 bridgehead atoms. The number of halogens is 1. The average molecular weight is 483 g/mol. The van der Waals surface area contributed by atoms with Crippen LogP contribution >= 0.6 is 24.0 Å². The van der Waals surface area contributed by atoms with E-state index in [9.17, 15) is 9.59 Å². The summed E-state index contributed by atoms with van der Waals surface area (Å²) in [4.78, 5) is 30.2. The molecule has 27 heavy (non-hydrogen) atoms. The highest BCUT2D eigenvalue weighted by molar-refractivity contribution is 14.0. The van der Waals surface area contributed by atoms with Gasteiger partial charge in [0, 0.05) is 5.69 Å². The second-order valence-electron chi connectivity index (χ2n) is 7.41.